The summed E-state index contributed by atoms with van der Waals surface area (Å²) >= 11 is 6.28. The monoisotopic (exact) mass is 284 g/mol. The highest BCUT2D eigenvalue weighted by Gasteiger charge is 2.49. The first-order valence-corrected chi connectivity index (χ1v) is 8.21. The molecule has 1 atom stereocenters. The third-order valence-corrected chi connectivity index (χ3v) is 6.39. The van der Waals surface area contributed by atoms with Crippen LogP contribution in [0.3, 0.4) is 0 Å². The zero-order valence-corrected chi connectivity index (χ0v) is 14.6. The fourth-order valence-corrected chi connectivity index (χ4v) is 4.48. The number of thiol groups is 1. The van der Waals surface area contributed by atoms with E-state index in [1.165, 1.54) is 0 Å². The Morgan fingerprint density at radius 3 is 1.75 bits per heavy atom. The van der Waals surface area contributed by atoms with Gasteiger partial charge >= 0.3 is 0 Å². The first kappa shape index (κ1) is 16.8. The van der Waals surface area contributed by atoms with Crippen molar-refractivity contribution in [3.05, 3.63) is 0 Å². The van der Waals surface area contributed by atoms with Gasteiger partial charge in [0.25, 0.3) is 5.12 Å². The molecule has 0 saturated heterocycles. The average molecular weight is 285 g/mol. The Morgan fingerprint density at radius 2 is 1.44 bits per heavy atom. The first-order chi connectivity index (χ1) is 7.49. The van der Waals surface area contributed by atoms with Gasteiger partial charge in [-0.2, -0.15) is 0 Å². The summed E-state index contributed by atoms with van der Waals surface area (Å²) in [5, 5.41) is -0.945. The molecule has 0 heterocycles. The van der Waals surface area contributed by atoms with Gasteiger partial charge in [-0.05, 0) is 26.5 Å². The molecule has 0 spiro atoms. The van der Waals surface area contributed by atoms with Crippen molar-refractivity contribution >= 4 is 34.6 Å². The zero-order valence-electron chi connectivity index (χ0n) is 10.9. The molecule has 0 aliphatic carbocycles. The predicted octanol–water partition coefficient (Wildman–Crippen LogP) is 1.45. The number of thioether (sulfide) groups is 1. The Kier molecular flexibility index (Phi) is 8.40. The molecule has 98 valence electrons. The van der Waals surface area contributed by atoms with E-state index in [2.05, 4.69) is 19.6 Å². The summed E-state index contributed by atoms with van der Waals surface area (Å²) in [6.07, 6.45) is 0. The van der Waals surface area contributed by atoms with Crippen molar-refractivity contribution < 1.29 is 14.2 Å². The van der Waals surface area contributed by atoms with Crippen molar-refractivity contribution in [2.75, 3.05) is 25.6 Å². The molecule has 0 amide bonds. The molecule has 0 bridgehead atoms. The van der Waals surface area contributed by atoms with Crippen LogP contribution in [0.1, 0.15) is 27.7 Å². The molecule has 0 aromatic heterocycles. The van der Waals surface area contributed by atoms with E-state index in [9.17, 15) is 0 Å². The summed E-state index contributed by atoms with van der Waals surface area (Å²) in [5.74, 6) is 0.950. The van der Waals surface area contributed by atoms with Crippen molar-refractivity contribution in [3.8, 4) is 0 Å². The summed E-state index contributed by atoms with van der Waals surface area (Å²) in [6.45, 7) is 9.72. The van der Waals surface area contributed by atoms with Crippen LogP contribution in [0.2, 0.25) is 0 Å². The van der Waals surface area contributed by atoms with Gasteiger partial charge in [-0.25, -0.2) is 0 Å². The molecular weight excluding hydrogens is 260 g/mol. The van der Waals surface area contributed by atoms with Crippen molar-refractivity contribution in [1.29, 1.82) is 0 Å². The number of ether oxygens (including phenoxy) is 3. The summed E-state index contributed by atoms with van der Waals surface area (Å²) in [6, 6.07) is 0. The largest absolute Gasteiger partial charge is 0.363 e. The third-order valence-electron chi connectivity index (χ3n) is 2.09. The highest BCUT2D eigenvalue weighted by Crippen LogP contribution is 2.41. The number of hydrogen-bond donors (Lipinski definition) is 1. The Balaban J connectivity index is 4.90. The van der Waals surface area contributed by atoms with Crippen LogP contribution in [0.15, 0.2) is 0 Å². The average Bonchev–Trinajstić information content (AvgIpc) is 2.19. The Bertz CT molecular complexity index is 161. The summed E-state index contributed by atoms with van der Waals surface area (Å²) in [4.78, 5) is 0. The second-order valence-electron chi connectivity index (χ2n) is 3.26. The van der Waals surface area contributed by atoms with Crippen LogP contribution in [0.4, 0.5) is 0 Å². The van der Waals surface area contributed by atoms with Crippen LogP contribution in [0, 0.1) is 0 Å². The van der Waals surface area contributed by atoms with E-state index in [0.717, 1.165) is 16.0 Å². The molecule has 0 aliphatic heterocycles. The van der Waals surface area contributed by atoms with Gasteiger partial charge in [0.05, 0.1) is 10.2 Å². The molecule has 6 heteroatoms. The quantitative estimate of drug-likeness (QED) is 0.394. The van der Waals surface area contributed by atoms with E-state index in [0.29, 0.717) is 19.8 Å². The molecular formula is C10H24O3S2Si. The van der Waals surface area contributed by atoms with Gasteiger partial charge in [0.2, 0.25) is 0 Å². The predicted molar refractivity (Wildman–Crippen MR) is 77.4 cm³/mol. The molecule has 0 aromatic carbocycles. The zero-order chi connectivity index (χ0) is 12.7. The lowest BCUT2D eigenvalue weighted by atomic mass is 10.6. The van der Waals surface area contributed by atoms with E-state index in [1.54, 1.807) is 11.8 Å². The van der Waals surface area contributed by atoms with Gasteiger partial charge in [-0.1, -0.05) is 6.92 Å². The fourth-order valence-electron chi connectivity index (χ4n) is 1.47. The topological polar surface area (TPSA) is 27.7 Å². The number of hydrogen-bond acceptors (Lipinski definition) is 5. The molecule has 0 rings (SSSR count). The van der Waals surface area contributed by atoms with Gasteiger partial charge in [0, 0.05) is 19.8 Å². The third kappa shape index (κ3) is 4.23. The van der Waals surface area contributed by atoms with Crippen molar-refractivity contribution in [1.82, 2.24) is 0 Å². The molecule has 0 aromatic rings. The standard InChI is InChI=1S/C10H24O3S2Si/c1-5-11-9(14,12-6-2)10(16,13-7-3)15-8-4/h14H,5-8H2,1-4,16H3. The Hall–Kier alpha value is 0.797. The second-order valence-corrected chi connectivity index (χ2v) is 7.63. The smallest absolute Gasteiger partial charge is 0.250 e. The van der Waals surface area contributed by atoms with Gasteiger partial charge in [-0.3, -0.25) is 0 Å². The molecule has 0 radical (unpaired) electrons. The van der Waals surface area contributed by atoms with Crippen LogP contribution >= 0.6 is 24.4 Å². The minimum absolute atomic E-state index is 0.467. The highest BCUT2D eigenvalue weighted by atomic mass is 32.2. The van der Waals surface area contributed by atoms with E-state index in [4.69, 9.17) is 14.2 Å². The Labute approximate surface area is 112 Å². The van der Waals surface area contributed by atoms with Gasteiger partial charge in [0.15, 0.2) is 4.56 Å². The summed E-state index contributed by atoms with van der Waals surface area (Å²) in [7, 11) is 0.788. The SMILES string of the molecule is CCOC(S)(OCC)C([SiH3])(OCC)SCC. The van der Waals surface area contributed by atoms with Crippen LogP contribution in [-0.4, -0.2) is 45.5 Å². The minimum Gasteiger partial charge on any atom is -0.363 e. The number of rotatable bonds is 9. The van der Waals surface area contributed by atoms with Gasteiger partial charge < -0.3 is 14.2 Å². The minimum atomic E-state index is -0.945. The lowest BCUT2D eigenvalue weighted by Gasteiger charge is -2.43. The molecule has 0 saturated carbocycles. The fraction of sp³-hybridized carbons (Fsp3) is 1.00. The van der Waals surface area contributed by atoms with E-state index in [-0.39, 0.29) is 0 Å². The van der Waals surface area contributed by atoms with Crippen LogP contribution in [0.25, 0.3) is 0 Å². The lowest BCUT2D eigenvalue weighted by molar-refractivity contribution is -0.216. The Morgan fingerprint density at radius 1 is 1.00 bits per heavy atom. The van der Waals surface area contributed by atoms with Crippen molar-refractivity contribution in [3.63, 3.8) is 0 Å². The lowest BCUT2D eigenvalue weighted by Crippen LogP contribution is -2.54. The summed E-state index contributed by atoms with van der Waals surface area (Å²) < 4.78 is 16.7. The highest BCUT2D eigenvalue weighted by molar-refractivity contribution is 8.02. The maximum Gasteiger partial charge on any atom is 0.250 e. The maximum absolute atomic E-state index is 5.84. The molecule has 3 nitrogen and oxygen atoms in total. The molecule has 0 aliphatic rings. The van der Waals surface area contributed by atoms with Gasteiger partial charge in [0.1, 0.15) is 0 Å². The van der Waals surface area contributed by atoms with Gasteiger partial charge in [-0.15, -0.1) is 24.4 Å². The maximum atomic E-state index is 5.84. The normalized spacial score (nSPS) is 16.3. The van der Waals surface area contributed by atoms with E-state index < -0.39 is 9.68 Å². The van der Waals surface area contributed by atoms with E-state index >= 15 is 0 Å². The molecule has 16 heavy (non-hydrogen) atoms. The second kappa shape index (κ2) is 8.00. The molecule has 0 N–H and O–H groups in total. The molecule has 1 unspecified atom stereocenters. The first-order valence-electron chi connectivity index (χ1n) is 5.77. The summed E-state index contributed by atoms with van der Waals surface area (Å²) in [5.41, 5.74) is 0. The van der Waals surface area contributed by atoms with Crippen LogP contribution in [0.5, 0.6) is 0 Å². The van der Waals surface area contributed by atoms with Crippen LogP contribution in [-0.2, 0) is 14.2 Å². The molecule has 0 fully saturated rings. The van der Waals surface area contributed by atoms with Crippen molar-refractivity contribution in [2.45, 2.75) is 37.4 Å². The van der Waals surface area contributed by atoms with Crippen LogP contribution < -0.4 is 0 Å². The van der Waals surface area contributed by atoms with E-state index in [1.807, 2.05) is 20.8 Å². The van der Waals surface area contributed by atoms with Crippen molar-refractivity contribution in [2.24, 2.45) is 0 Å².